The van der Waals surface area contributed by atoms with Gasteiger partial charge in [-0.25, -0.2) is 0 Å². The summed E-state index contributed by atoms with van der Waals surface area (Å²) in [7, 11) is 0. The van der Waals surface area contributed by atoms with Crippen molar-refractivity contribution in [3.8, 4) is 0 Å². The first-order chi connectivity index (χ1) is 11.5. The van der Waals surface area contributed by atoms with E-state index in [0.717, 1.165) is 19.4 Å². The van der Waals surface area contributed by atoms with Crippen molar-refractivity contribution in [1.82, 2.24) is 9.88 Å². The van der Waals surface area contributed by atoms with Gasteiger partial charge in [-0.2, -0.15) is 0 Å². The van der Waals surface area contributed by atoms with Gasteiger partial charge in [-0.05, 0) is 38.3 Å². The molecule has 2 heterocycles. The number of carbonyl (C=O) groups is 2. The molecule has 0 bridgehead atoms. The zero-order valence-corrected chi connectivity index (χ0v) is 14.3. The second-order valence-electron chi connectivity index (χ2n) is 6.02. The summed E-state index contributed by atoms with van der Waals surface area (Å²) < 4.78 is 6.82. The Labute approximate surface area is 141 Å². The Hall–Kier alpha value is -2.15. The Morgan fingerprint density at radius 2 is 2.12 bits per heavy atom. The average molecular weight is 335 g/mol. The third kappa shape index (κ3) is 4.92. The highest BCUT2D eigenvalue weighted by molar-refractivity contribution is 5.90. The van der Waals surface area contributed by atoms with Crippen LogP contribution in [0.2, 0.25) is 0 Å². The number of aromatic nitrogens is 1. The lowest BCUT2D eigenvalue weighted by Gasteiger charge is -2.14. The van der Waals surface area contributed by atoms with E-state index >= 15 is 0 Å². The summed E-state index contributed by atoms with van der Waals surface area (Å²) in [6.07, 6.45) is 3.08. The van der Waals surface area contributed by atoms with Crippen LogP contribution in [0.15, 0.2) is 16.9 Å². The van der Waals surface area contributed by atoms with Crippen molar-refractivity contribution in [2.75, 3.05) is 18.5 Å². The largest absolute Gasteiger partial charge is 0.376 e. The monoisotopic (exact) mass is 335 g/mol. The van der Waals surface area contributed by atoms with Gasteiger partial charge in [-0.15, -0.1) is 0 Å². The molecule has 0 saturated carbocycles. The summed E-state index contributed by atoms with van der Waals surface area (Å²) >= 11 is 0. The van der Waals surface area contributed by atoms with Crippen molar-refractivity contribution in [1.29, 1.82) is 0 Å². The summed E-state index contributed by atoms with van der Waals surface area (Å²) in [5.41, 5.74) is 0.499. The molecule has 0 aliphatic carbocycles. The predicted octanol–water partition coefficient (Wildman–Crippen LogP) is 1.19. The van der Waals surface area contributed by atoms with Crippen LogP contribution < -0.4 is 16.2 Å². The summed E-state index contributed by atoms with van der Waals surface area (Å²) in [4.78, 5) is 36.2. The lowest BCUT2D eigenvalue weighted by molar-refractivity contribution is -0.122. The first-order valence-electron chi connectivity index (χ1n) is 8.40. The van der Waals surface area contributed by atoms with Crippen molar-refractivity contribution >= 4 is 17.5 Å². The number of hydrogen-bond donors (Lipinski definition) is 2. The molecule has 132 valence electrons. The van der Waals surface area contributed by atoms with Crippen LogP contribution in [-0.2, 0) is 20.9 Å². The molecule has 7 nitrogen and oxygen atoms in total. The maximum absolute atomic E-state index is 12.5. The van der Waals surface area contributed by atoms with Crippen LogP contribution in [0.3, 0.4) is 0 Å². The highest BCUT2D eigenvalue weighted by atomic mass is 16.5. The Kier molecular flexibility index (Phi) is 6.54. The number of amides is 2. The van der Waals surface area contributed by atoms with E-state index in [9.17, 15) is 14.4 Å². The minimum atomic E-state index is -0.369. The molecule has 0 spiro atoms. The molecule has 2 amide bonds. The van der Waals surface area contributed by atoms with Gasteiger partial charge in [0.2, 0.25) is 11.8 Å². The number of hydrogen-bond acceptors (Lipinski definition) is 4. The molecule has 0 unspecified atom stereocenters. The van der Waals surface area contributed by atoms with Crippen molar-refractivity contribution in [3.05, 3.63) is 28.2 Å². The summed E-state index contributed by atoms with van der Waals surface area (Å²) in [5.74, 6) is -0.444. The van der Waals surface area contributed by atoms with Crippen LogP contribution in [-0.4, -0.2) is 35.6 Å². The van der Waals surface area contributed by atoms with Crippen LogP contribution in [0.1, 0.15) is 38.3 Å². The van der Waals surface area contributed by atoms with Crippen LogP contribution in [0.5, 0.6) is 0 Å². The molecule has 7 heteroatoms. The molecule has 2 rings (SSSR count). The molecular formula is C17H25N3O4. The number of carbonyl (C=O) groups excluding carboxylic acids is 2. The van der Waals surface area contributed by atoms with Crippen LogP contribution in [0, 0.1) is 6.92 Å². The number of aryl methyl sites for hydroxylation is 1. The molecule has 1 aliphatic rings. The van der Waals surface area contributed by atoms with Crippen LogP contribution in [0.4, 0.5) is 5.69 Å². The van der Waals surface area contributed by atoms with Gasteiger partial charge in [0.1, 0.15) is 12.2 Å². The topological polar surface area (TPSA) is 89.4 Å². The van der Waals surface area contributed by atoms with Gasteiger partial charge in [0, 0.05) is 25.3 Å². The fourth-order valence-electron chi connectivity index (χ4n) is 2.63. The minimum Gasteiger partial charge on any atom is -0.376 e. The molecule has 1 aromatic heterocycles. The highest BCUT2D eigenvalue weighted by Gasteiger charge is 2.17. The van der Waals surface area contributed by atoms with E-state index < -0.39 is 0 Å². The first-order valence-corrected chi connectivity index (χ1v) is 8.40. The van der Waals surface area contributed by atoms with Gasteiger partial charge in [-0.3, -0.25) is 14.4 Å². The fraction of sp³-hybridized carbons (Fsp3) is 0.588. The minimum absolute atomic E-state index is 0.0615. The van der Waals surface area contributed by atoms with E-state index in [2.05, 4.69) is 10.6 Å². The third-order valence-corrected chi connectivity index (χ3v) is 4.00. The van der Waals surface area contributed by atoms with Crippen LogP contribution in [0.25, 0.3) is 0 Å². The van der Waals surface area contributed by atoms with E-state index in [1.54, 1.807) is 19.1 Å². The molecule has 1 saturated heterocycles. The van der Waals surface area contributed by atoms with E-state index in [0.29, 0.717) is 25.1 Å². The quantitative estimate of drug-likeness (QED) is 0.783. The van der Waals surface area contributed by atoms with E-state index in [1.165, 1.54) is 4.57 Å². The molecule has 1 atom stereocenters. The molecule has 0 aromatic carbocycles. The number of anilines is 1. The number of rotatable bonds is 7. The number of nitrogens with one attached hydrogen (secondary N) is 2. The van der Waals surface area contributed by atoms with Crippen molar-refractivity contribution in [2.45, 2.75) is 52.2 Å². The van der Waals surface area contributed by atoms with Gasteiger partial charge in [0.15, 0.2) is 0 Å². The molecule has 0 radical (unpaired) electrons. The summed E-state index contributed by atoms with van der Waals surface area (Å²) in [5, 5.41) is 5.40. The van der Waals surface area contributed by atoms with E-state index in [1.807, 2.05) is 6.92 Å². The van der Waals surface area contributed by atoms with Crippen LogP contribution >= 0.6 is 0 Å². The maximum Gasteiger partial charge on any atom is 0.274 e. The van der Waals surface area contributed by atoms with Crippen molar-refractivity contribution in [3.63, 3.8) is 0 Å². The Balaban J connectivity index is 2.01. The van der Waals surface area contributed by atoms with Crippen molar-refractivity contribution in [2.24, 2.45) is 0 Å². The number of nitrogens with zero attached hydrogens (tertiary/aromatic N) is 1. The van der Waals surface area contributed by atoms with Gasteiger partial charge in [0.25, 0.3) is 5.56 Å². The number of ether oxygens (including phenoxy) is 1. The van der Waals surface area contributed by atoms with E-state index in [4.69, 9.17) is 4.74 Å². The van der Waals surface area contributed by atoms with Gasteiger partial charge >= 0.3 is 0 Å². The average Bonchev–Trinajstić information content (AvgIpc) is 3.06. The van der Waals surface area contributed by atoms with E-state index in [-0.39, 0.29) is 35.7 Å². The third-order valence-electron chi connectivity index (χ3n) is 4.00. The zero-order valence-electron chi connectivity index (χ0n) is 14.3. The first kappa shape index (κ1) is 18.2. The Morgan fingerprint density at radius 1 is 1.33 bits per heavy atom. The highest BCUT2D eigenvalue weighted by Crippen LogP contribution is 2.10. The Morgan fingerprint density at radius 3 is 2.79 bits per heavy atom. The Bertz CT molecular complexity index is 648. The normalized spacial score (nSPS) is 16.8. The summed E-state index contributed by atoms with van der Waals surface area (Å²) in [6, 6.07) is 3.29. The lowest BCUT2D eigenvalue weighted by Crippen LogP contribution is -2.37. The van der Waals surface area contributed by atoms with Crippen molar-refractivity contribution < 1.29 is 14.3 Å². The summed E-state index contributed by atoms with van der Waals surface area (Å²) in [6.45, 7) is 4.77. The second kappa shape index (κ2) is 8.63. The molecule has 1 fully saturated rings. The SMILES string of the molecule is CCCC(=O)Nc1ccc(C)n(CC(=O)NC[C@@H]2CCCO2)c1=O. The molecule has 2 N–H and O–H groups in total. The van der Waals surface area contributed by atoms with Gasteiger partial charge in [-0.1, -0.05) is 6.92 Å². The van der Waals surface area contributed by atoms with Gasteiger partial charge < -0.3 is 19.9 Å². The fourth-order valence-corrected chi connectivity index (χ4v) is 2.63. The molecule has 1 aromatic rings. The zero-order chi connectivity index (χ0) is 17.5. The van der Waals surface area contributed by atoms with Gasteiger partial charge in [0.05, 0.1) is 6.10 Å². The standard InChI is InChI=1S/C17H25N3O4/c1-3-5-15(21)19-14-8-7-12(2)20(17(14)23)11-16(22)18-10-13-6-4-9-24-13/h7-8,13H,3-6,9-11H2,1-2H3,(H,18,22)(H,19,21)/t13-/m0/s1. The smallest absolute Gasteiger partial charge is 0.274 e. The number of pyridine rings is 1. The molecule has 24 heavy (non-hydrogen) atoms. The maximum atomic E-state index is 12.5. The second-order valence-corrected chi connectivity index (χ2v) is 6.02. The molecule has 1 aliphatic heterocycles. The lowest BCUT2D eigenvalue weighted by atomic mass is 10.2. The predicted molar refractivity (Wildman–Crippen MR) is 91.0 cm³/mol. The molecular weight excluding hydrogens is 310 g/mol.